The quantitative estimate of drug-likeness (QED) is 0.653. The smallest absolute Gasteiger partial charge is 0.242 e. The Balaban J connectivity index is 1.89. The highest BCUT2D eigenvalue weighted by Gasteiger charge is 2.57. The number of rotatable bonds is 4. The van der Waals surface area contributed by atoms with Gasteiger partial charge in [-0.15, -0.1) is 0 Å². The van der Waals surface area contributed by atoms with E-state index in [-0.39, 0.29) is 29.6 Å². The fraction of sp³-hybridized carbons (Fsp3) is 0.333. The van der Waals surface area contributed by atoms with Crippen molar-refractivity contribution in [3.8, 4) is 11.5 Å². The first kappa shape index (κ1) is 16.6. The standard InChI is InChI=1S/C21H21NO4/c1-2-3-6-9-22-16-8-5-4-7-14(16)21(20(22)26)12-19(25)13-10-17(23)18(24)11-15(13)21/h4-5,7-8,10-11,23-24H,2-3,6,9,12H2,1H3. The maximum absolute atomic E-state index is 13.5. The van der Waals surface area contributed by atoms with E-state index in [0.717, 1.165) is 30.5 Å². The highest BCUT2D eigenvalue weighted by Crippen LogP contribution is 2.54. The lowest BCUT2D eigenvalue weighted by Crippen LogP contribution is -2.40. The highest BCUT2D eigenvalue weighted by molar-refractivity contribution is 6.18. The van der Waals surface area contributed by atoms with Gasteiger partial charge < -0.3 is 15.1 Å². The van der Waals surface area contributed by atoms with E-state index in [0.29, 0.717) is 17.7 Å². The van der Waals surface area contributed by atoms with E-state index >= 15 is 0 Å². The van der Waals surface area contributed by atoms with E-state index in [1.165, 1.54) is 12.1 Å². The second kappa shape index (κ2) is 5.87. The molecule has 2 aliphatic rings. The molecule has 1 unspecified atom stereocenters. The average Bonchev–Trinajstić information content (AvgIpc) is 3.04. The van der Waals surface area contributed by atoms with Crippen molar-refractivity contribution in [2.24, 2.45) is 0 Å². The Kier molecular flexibility index (Phi) is 3.75. The van der Waals surface area contributed by atoms with E-state index in [2.05, 4.69) is 6.92 Å². The van der Waals surface area contributed by atoms with Crippen LogP contribution >= 0.6 is 0 Å². The number of anilines is 1. The molecule has 2 aromatic carbocycles. The van der Waals surface area contributed by atoms with Crippen LogP contribution in [0.25, 0.3) is 0 Å². The minimum Gasteiger partial charge on any atom is -0.504 e. The number of carbonyl (C=O) groups is 2. The summed E-state index contributed by atoms with van der Waals surface area (Å²) in [5.74, 6) is -0.957. The predicted octanol–water partition coefficient (Wildman–Crippen LogP) is 3.51. The van der Waals surface area contributed by atoms with Crippen molar-refractivity contribution in [2.45, 2.75) is 38.0 Å². The van der Waals surface area contributed by atoms with E-state index in [1.54, 1.807) is 4.90 Å². The van der Waals surface area contributed by atoms with Crippen LogP contribution in [0.2, 0.25) is 0 Å². The summed E-state index contributed by atoms with van der Waals surface area (Å²) in [6.07, 6.45) is 3.02. The summed E-state index contributed by atoms with van der Waals surface area (Å²) in [6, 6.07) is 10.2. The maximum atomic E-state index is 13.5. The molecule has 1 aliphatic heterocycles. The van der Waals surface area contributed by atoms with Crippen LogP contribution in [0.5, 0.6) is 11.5 Å². The molecule has 0 saturated carbocycles. The van der Waals surface area contributed by atoms with Crippen molar-refractivity contribution < 1.29 is 19.8 Å². The number of Topliss-reactive ketones (excluding diaryl/α,β-unsaturated/α-hetero) is 1. The predicted molar refractivity (Wildman–Crippen MR) is 97.8 cm³/mol. The van der Waals surface area contributed by atoms with Crippen molar-refractivity contribution in [3.63, 3.8) is 0 Å². The lowest BCUT2D eigenvalue weighted by molar-refractivity contribution is -0.121. The molecule has 134 valence electrons. The zero-order chi connectivity index (χ0) is 18.5. The average molecular weight is 351 g/mol. The Morgan fingerprint density at radius 3 is 2.54 bits per heavy atom. The van der Waals surface area contributed by atoms with Gasteiger partial charge in [0.1, 0.15) is 5.41 Å². The number of hydrogen-bond donors (Lipinski definition) is 2. The molecule has 0 radical (unpaired) electrons. The molecule has 0 saturated heterocycles. The summed E-state index contributed by atoms with van der Waals surface area (Å²) in [5.41, 5.74) is 1.35. The van der Waals surface area contributed by atoms with Gasteiger partial charge in [0, 0.05) is 24.2 Å². The zero-order valence-electron chi connectivity index (χ0n) is 14.7. The van der Waals surface area contributed by atoms with Gasteiger partial charge in [0.05, 0.1) is 0 Å². The lowest BCUT2D eigenvalue weighted by Gasteiger charge is -2.24. The van der Waals surface area contributed by atoms with Crippen LogP contribution in [0.4, 0.5) is 5.69 Å². The third-order valence-electron chi connectivity index (χ3n) is 5.55. The Morgan fingerprint density at radius 2 is 1.77 bits per heavy atom. The number of phenolic OH excluding ortho intramolecular Hbond substituents is 2. The van der Waals surface area contributed by atoms with Gasteiger partial charge >= 0.3 is 0 Å². The van der Waals surface area contributed by atoms with Crippen LogP contribution < -0.4 is 4.90 Å². The second-order valence-electron chi connectivity index (χ2n) is 7.07. The van der Waals surface area contributed by atoms with E-state index < -0.39 is 5.41 Å². The van der Waals surface area contributed by atoms with Crippen LogP contribution in [-0.2, 0) is 10.2 Å². The molecule has 1 aliphatic carbocycles. The molecule has 5 heteroatoms. The molecule has 2 aromatic rings. The molecule has 0 bridgehead atoms. The van der Waals surface area contributed by atoms with Crippen molar-refractivity contribution in [1.82, 2.24) is 0 Å². The van der Waals surface area contributed by atoms with Gasteiger partial charge in [-0.3, -0.25) is 9.59 Å². The molecule has 5 nitrogen and oxygen atoms in total. The maximum Gasteiger partial charge on any atom is 0.242 e. The third-order valence-corrected chi connectivity index (χ3v) is 5.55. The topological polar surface area (TPSA) is 77.8 Å². The van der Waals surface area contributed by atoms with Gasteiger partial charge in [0.15, 0.2) is 17.3 Å². The number of para-hydroxylation sites is 1. The Bertz CT molecular complexity index is 920. The summed E-state index contributed by atoms with van der Waals surface area (Å²) in [5, 5.41) is 19.8. The summed E-state index contributed by atoms with van der Waals surface area (Å²) in [6.45, 7) is 2.72. The number of amides is 1. The van der Waals surface area contributed by atoms with Gasteiger partial charge in [0.25, 0.3) is 0 Å². The first-order chi connectivity index (χ1) is 12.5. The minimum atomic E-state index is -1.10. The van der Waals surface area contributed by atoms with Crippen molar-refractivity contribution >= 4 is 17.4 Å². The number of nitrogens with zero attached hydrogens (tertiary/aromatic N) is 1. The molecule has 2 N–H and O–H groups in total. The van der Waals surface area contributed by atoms with E-state index in [1.807, 2.05) is 24.3 Å². The number of hydrogen-bond acceptors (Lipinski definition) is 4. The van der Waals surface area contributed by atoms with Crippen LogP contribution in [-0.4, -0.2) is 28.4 Å². The van der Waals surface area contributed by atoms with Crippen LogP contribution in [0.15, 0.2) is 36.4 Å². The van der Waals surface area contributed by atoms with Gasteiger partial charge in [-0.25, -0.2) is 0 Å². The number of aromatic hydroxyl groups is 2. The molecular formula is C21H21NO4. The fourth-order valence-corrected chi connectivity index (χ4v) is 4.29. The number of ketones is 1. The highest BCUT2D eigenvalue weighted by atomic mass is 16.3. The fourth-order valence-electron chi connectivity index (χ4n) is 4.29. The molecule has 1 amide bonds. The largest absolute Gasteiger partial charge is 0.504 e. The number of unbranched alkanes of at least 4 members (excludes halogenated alkanes) is 2. The Morgan fingerprint density at radius 1 is 1.04 bits per heavy atom. The molecule has 1 spiro atoms. The van der Waals surface area contributed by atoms with Crippen molar-refractivity contribution in [2.75, 3.05) is 11.4 Å². The monoisotopic (exact) mass is 351 g/mol. The molecule has 0 fully saturated rings. The normalized spacial score (nSPS) is 20.7. The molecule has 26 heavy (non-hydrogen) atoms. The van der Waals surface area contributed by atoms with Crippen LogP contribution in [0.1, 0.15) is 54.1 Å². The number of carbonyl (C=O) groups excluding carboxylic acids is 2. The van der Waals surface area contributed by atoms with Gasteiger partial charge in [0.2, 0.25) is 5.91 Å². The molecular weight excluding hydrogens is 330 g/mol. The number of phenols is 2. The van der Waals surface area contributed by atoms with Crippen molar-refractivity contribution in [1.29, 1.82) is 0 Å². The number of benzene rings is 2. The summed E-state index contributed by atoms with van der Waals surface area (Å²) in [4.78, 5) is 27.9. The van der Waals surface area contributed by atoms with Crippen molar-refractivity contribution in [3.05, 3.63) is 53.1 Å². The number of fused-ring (bicyclic) bond motifs is 4. The van der Waals surface area contributed by atoms with Gasteiger partial charge in [-0.1, -0.05) is 38.0 Å². The lowest BCUT2D eigenvalue weighted by atomic mass is 9.76. The molecule has 1 heterocycles. The Hall–Kier alpha value is -2.82. The first-order valence-corrected chi connectivity index (χ1v) is 9.02. The van der Waals surface area contributed by atoms with Crippen LogP contribution in [0, 0.1) is 0 Å². The SMILES string of the molecule is CCCCCN1C(=O)C2(CC(=O)c3cc(O)c(O)cc32)c2ccccc21. The Labute approximate surface area is 151 Å². The first-order valence-electron chi connectivity index (χ1n) is 9.02. The third kappa shape index (κ3) is 2.09. The summed E-state index contributed by atoms with van der Waals surface area (Å²) in [7, 11) is 0. The molecule has 4 rings (SSSR count). The summed E-state index contributed by atoms with van der Waals surface area (Å²) >= 11 is 0. The minimum absolute atomic E-state index is 0.0331. The van der Waals surface area contributed by atoms with E-state index in [4.69, 9.17) is 0 Å². The van der Waals surface area contributed by atoms with Gasteiger partial charge in [-0.05, 0) is 35.7 Å². The molecule has 1 atom stereocenters. The second-order valence-corrected chi connectivity index (χ2v) is 7.07. The summed E-state index contributed by atoms with van der Waals surface area (Å²) < 4.78 is 0. The van der Waals surface area contributed by atoms with Gasteiger partial charge in [-0.2, -0.15) is 0 Å². The van der Waals surface area contributed by atoms with Crippen LogP contribution in [0.3, 0.4) is 0 Å². The van der Waals surface area contributed by atoms with E-state index in [9.17, 15) is 19.8 Å². The zero-order valence-corrected chi connectivity index (χ0v) is 14.7. The molecule has 0 aromatic heterocycles.